The van der Waals surface area contributed by atoms with Gasteiger partial charge in [0.25, 0.3) is 0 Å². The van der Waals surface area contributed by atoms with Crippen LogP contribution in [0.4, 0.5) is 13.2 Å². The highest BCUT2D eigenvalue weighted by Gasteiger charge is 2.49. The number of ether oxygens (including phenoxy) is 1. The van der Waals surface area contributed by atoms with Crippen molar-refractivity contribution < 1.29 is 35.3 Å². The number of aryl methyl sites for hydroxylation is 1. The Morgan fingerprint density at radius 1 is 0.788 bits per heavy atom. The molecule has 0 aliphatic carbocycles. The number of benzene rings is 3. The summed E-state index contributed by atoms with van der Waals surface area (Å²) < 4.78 is 72.0. The van der Waals surface area contributed by atoms with Crippen LogP contribution in [0.1, 0.15) is 29.2 Å². The first-order chi connectivity index (χ1) is 15.7. The zero-order chi connectivity index (χ0) is 23.9. The normalized spacial score (nSPS) is 13.0. The van der Waals surface area contributed by atoms with Gasteiger partial charge in [0, 0.05) is 0 Å². The lowest BCUT2D eigenvalue weighted by molar-refractivity contribution is -0.157. The van der Waals surface area contributed by atoms with E-state index in [0.29, 0.717) is 16.7 Å². The third kappa shape index (κ3) is 6.66. The maximum atomic E-state index is 12.9. The van der Waals surface area contributed by atoms with Crippen LogP contribution in [0, 0.1) is 0 Å². The fraction of sp³-hybridized carbons (Fsp3) is 0.208. The number of rotatable bonds is 9. The lowest BCUT2D eigenvalue weighted by atomic mass is 10.0. The topological polar surface area (TPSA) is 69.7 Å². The molecule has 3 aromatic rings. The standard InChI is InChI=1S/C24H21F3O5S/c25-24(26,27)33(29,30)32-21(17-16-18-10-4-1-5-11-18)23(28)31-22(19-12-6-2-7-13-19)20-14-8-3-9-15-20/h1-15,21-22H,16-17H2. The van der Waals surface area contributed by atoms with Crippen molar-refractivity contribution in [2.75, 3.05) is 0 Å². The molecule has 0 saturated carbocycles. The van der Waals surface area contributed by atoms with Crippen LogP contribution in [-0.2, 0) is 30.3 Å². The lowest BCUT2D eigenvalue weighted by Crippen LogP contribution is -2.36. The van der Waals surface area contributed by atoms with E-state index in [1.807, 2.05) is 0 Å². The Morgan fingerprint density at radius 2 is 1.24 bits per heavy atom. The second-order valence-corrected chi connectivity index (χ2v) is 8.71. The minimum absolute atomic E-state index is 0.106. The minimum atomic E-state index is -6.01. The number of carbonyl (C=O) groups excluding carboxylic acids is 1. The van der Waals surface area contributed by atoms with Crippen molar-refractivity contribution >= 4 is 16.1 Å². The van der Waals surface area contributed by atoms with Crippen molar-refractivity contribution in [3.63, 3.8) is 0 Å². The summed E-state index contributed by atoms with van der Waals surface area (Å²) in [5.74, 6) is -1.21. The van der Waals surface area contributed by atoms with Crippen LogP contribution in [0.15, 0.2) is 91.0 Å². The van der Waals surface area contributed by atoms with Gasteiger partial charge in [-0.2, -0.15) is 21.6 Å². The summed E-state index contributed by atoms with van der Waals surface area (Å²) in [4.78, 5) is 12.9. The molecule has 0 heterocycles. The largest absolute Gasteiger partial charge is 0.523 e. The fourth-order valence-electron chi connectivity index (χ4n) is 3.13. The lowest BCUT2D eigenvalue weighted by Gasteiger charge is -2.23. The van der Waals surface area contributed by atoms with E-state index in [1.165, 1.54) is 0 Å². The van der Waals surface area contributed by atoms with Crippen LogP contribution >= 0.6 is 0 Å². The molecule has 5 nitrogen and oxygen atoms in total. The summed E-state index contributed by atoms with van der Waals surface area (Å²) >= 11 is 0. The van der Waals surface area contributed by atoms with E-state index in [2.05, 4.69) is 4.18 Å². The smallest absolute Gasteiger partial charge is 0.451 e. The predicted octanol–water partition coefficient (Wildman–Crippen LogP) is 5.19. The van der Waals surface area contributed by atoms with Crippen molar-refractivity contribution in [2.45, 2.75) is 30.6 Å². The first kappa shape index (κ1) is 24.5. The van der Waals surface area contributed by atoms with Crippen LogP contribution in [0.2, 0.25) is 0 Å². The van der Waals surface area contributed by atoms with Crippen molar-refractivity contribution in [3.8, 4) is 0 Å². The number of esters is 1. The molecule has 3 rings (SSSR count). The average Bonchev–Trinajstić information content (AvgIpc) is 2.81. The Bertz CT molecular complexity index is 1100. The third-order valence-corrected chi connectivity index (χ3v) is 5.82. The Kier molecular flexibility index (Phi) is 7.88. The molecule has 0 spiro atoms. The average molecular weight is 478 g/mol. The Hall–Kier alpha value is -3.17. The second kappa shape index (κ2) is 10.6. The first-order valence-electron chi connectivity index (χ1n) is 10.0. The van der Waals surface area contributed by atoms with Crippen LogP contribution in [-0.4, -0.2) is 26.0 Å². The van der Waals surface area contributed by atoms with Crippen molar-refractivity contribution in [1.29, 1.82) is 0 Å². The Labute approximate surface area is 189 Å². The summed E-state index contributed by atoms with van der Waals surface area (Å²) in [7, 11) is -6.01. The maximum Gasteiger partial charge on any atom is 0.523 e. The summed E-state index contributed by atoms with van der Waals surface area (Å²) in [5.41, 5.74) is -3.84. The highest BCUT2D eigenvalue weighted by molar-refractivity contribution is 7.87. The van der Waals surface area contributed by atoms with Crippen molar-refractivity contribution in [2.24, 2.45) is 0 Å². The molecule has 9 heteroatoms. The summed E-state index contributed by atoms with van der Waals surface area (Å²) in [6.45, 7) is 0. The van der Waals surface area contributed by atoms with E-state index in [4.69, 9.17) is 4.74 Å². The van der Waals surface area contributed by atoms with Gasteiger partial charge in [-0.25, -0.2) is 8.98 Å². The quantitative estimate of drug-likeness (QED) is 0.241. The minimum Gasteiger partial charge on any atom is -0.451 e. The van der Waals surface area contributed by atoms with Crippen molar-refractivity contribution in [1.82, 2.24) is 0 Å². The molecule has 0 aliphatic heterocycles. The van der Waals surface area contributed by atoms with E-state index in [-0.39, 0.29) is 12.8 Å². The molecule has 3 aromatic carbocycles. The molecule has 0 amide bonds. The number of halogens is 3. The molecule has 0 aromatic heterocycles. The molecular formula is C24H21F3O5S. The van der Waals surface area contributed by atoms with Gasteiger partial charge in [0.2, 0.25) is 0 Å². The molecule has 0 saturated heterocycles. The summed E-state index contributed by atoms with van der Waals surface area (Å²) in [5, 5.41) is 0. The zero-order valence-electron chi connectivity index (χ0n) is 17.3. The van der Waals surface area contributed by atoms with Gasteiger partial charge < -0.3 is 4.74 Å². The van der Waals surface area contributed by atoms with E-state index in [0.717, 1.165) is 0 Å². The summed E-state index contributed by atoms with van der Waals surface area (Å²) in [6, 6.07) is 25.8. The fourth-order valence-corrected chi connectivity index (χ4v) is 3.72. The first-order valence-corrected chi connectivity index (χ1v) is 11.4. The van der Waals surface area contributed by atoms with Gasteiger partial charge in [-0.3, -0.25) is 0 Å². The maximum absolute atomic E-state index is 12.9. The van der Waals surface area contributed by atoms with Gasteiger partial charge in [-0.05, 0) is 29.5 Å². The molecule has 0 aliphatic rings. The van der Waals surface area contributed by atoms with Gasteiger partial charge >= 0.3 is 21.6 Å². The molecule has 0 N–H and O–H groups in total. The molecule has 174 valence electrons. The zero-order valence-corrected chi connectivity index (χ0v) is 18.1. The monoisotopic (exact) mass is 478 g/mol. The van der Waals surface area contributed by atoms with E-state index in [9.17, 15) is 26.4 Å². The highest BCUT2D eigenvalue weighted by atomic mass is 32.2. The highest BCUT2D eigenvalue weighted by Crippen LogP contribution is 2.30. The van der Waals surface area contributed by atoms with Crippen LogP contribution in [0.25, 0.3) is 0 Å². The van der Waals surface area contributed by atoms with Gasteiger partial charge in [0.05, 0.1) is 0 Å². The molecule has 0 fully saturated rings. The van der Waals surface area contributed by atoms with Gasteiger partial charge in [-0.15, -0.1) is 0 Å². The van der Waals surface area contributed by atoms with Crippen LogP contribution in [0.3, 0.4) is 0 Å². The Morgan fingerprint density at radius 3 is 1.70 bits per heavy atom. The SMILES string of the molecule is O=C(OC(c1ccccc1)c1ccccc1)C(CCc1ccccc1)OS(=O)(=O)C(F)(F)F. The molecule has 0 radical (unpaired) electrons. The van der Waals surface area contributed by atoms with Gasteiger partial charge in [-0.1, -0.05) is 91.0 Å². The number of alkyl halides is 3. The van der Waals surface area contributed by atoms with Crippen LogP contribution in [0.5, 0.6) is 0 Å². The van der Waals surface area contributed by atoms with Gasteiger partial charge in [0.1, 0.15) is 0 Å². The number of hydrogen-bond donors (Lipinski definition) is 0. The number of hydrogen-bond acceptors (Lipinski definition) is 5. The predicted molar refractivity (Wildman–Crippen MR) is 115 cm³/mol. The molecule has 33 heavy (non-hydrogen) atoms. The van der Waals surface area contributed by atoms with E-state index < -0.39 is 33.8 Å². The van der Waals surface area contributed by atoms with E-state index in [1.54, 1.807) is 91.0 Å². The Balaban J connectivity index is 1.88. The van der Waals surface area contributed by atoms with Crippen molar-refractivity contribution in [3.05, 3.63) is 108 Å². The molecule has 1 unspecified atom stereocenters. The third-order valence-electron chi connectivity index (χ3n) is 4.77. The van der Waals surface area contributed by atoms with E-state index >= 15 is 0 Å². The number of carbonyl (C=O) groups is 1. The molecule has 1 atom stereocenters. The van der Waals surface area contributed by atoms with Gasteiger partial charge in [0.15, 0.2) is 12.2 Å². The summed E-state index contributed by atoms with van der Waals surface area (Å²) in [6.07, 6.45) is -3.16. The molecule has 0 bridgehead atoms. The second-order valence-electron chi connectivity index (χ2n) is 7.15. The van der Waals surface area contributed by atoms with Crippen LogP contribution < -0.4 is 0 Å². The molecular weight excluding hydrogens is 457 g/mol.